The molecule has 0 aliphatic heterocycles. The Morgan fingerprint density at radius 1 is 1.35 bits per heavy atom. The zero-order valence-corrected chi connectivity index (χ0v) is 13.3. The Morgan fingerprint density at radius 2 is 2.00 bits per heavy atom. The predicted octanol–water partition coefficient (Wildman–Crippen LogP) is 3.07. The van der Waals surface area contributed by atoms with Crippen LogP contribution in [0.1, 0.15) is 16.1 Å². The molecule has 0 saturated carbocycles. The highest BCUT2D eigenvalue weighted by atomic mass is 79.9. The van der Waals surface area contributed by atoms with E-state index in [0.717, 1.165) is 15.8 Å². The van der Waals surface area contributed by atoms with Crippen LogP contribution in [0.25, 0.3) is 0 Å². The molecule has 0 saturated heterocycles. The first-order valence-corrected chi connectivity index (χ1v) is 7.01. The Balaban J connectivity index is 2.09. The van der Waals surface area contributed by atoms with Crippen molar-refractivity contribution in [1.29, 1.82) is 0 Å². The maximum absolute atomic E-state index is 12.4. The van der Waals surface area contributed by atoms with E-state index in [0.29, 0.717) is 12.2 Å². The number of nitrogens with zero attached hydrogens (tertiary/aromatic N) is 2. The molecule has 0 aliphatic rings. The lowest BCUT2D eigenvalue weighted by Crippen LogP contribution is -2.27. The molecule has 0 aliphatic carbocycles. The summed E-state index contributed by atoms with van der Waals surface area (Å²) in [5, 5.41) is 0. The second-order valence-electron chi connectivity index (χ2n) is 4.66. The Hall–Kier alpha value is -1.75. The number of hydrogen-bond acceptors (Lipinski definition) is 2. The standard InChI is InChI=1S/C15H17BrN2O2/c1-17-10-12(16)8-14(17)15(19)18(2)9-11-4-6-13(20-3)7-5-11/h4-8,10H,9H2,1-3H3. The molecule has 106 valence electrons. The van der Waals surface area contributed by atoms with Crippen LogP contribution in [-0.4, -0.2) is 29.5 Å². The molecule has 1 heterocycles. The van der Waals surface area contributed by atoms with E-state index in [1.807, 2.05) is 48.1 Å². The highest BCUT2D eigenvalue weighted by Gasteiger charge is 2.15. The summed E-state index contributed by atoms with van der Waals surface area (Å²) in [6, 6.07) is 9.54. The summed E-state index contributed by atoms with van der Waals surface area (Å²) >= 11 is 3.38. The van der Waals surface area contributed by atoms with Crippen molar-refractivity contribution in [1.82, 2.24) is 9.47 Å². The summed E-state index contributed by atoms with van der Waals surface area (Å²) in [5.74, 6) is 0.808. The van der Waals surface area contributed by atoms with Gasteiger partial charge in [0.25, 0.3) is 5.91 Å². The SMILES string of the molecule is COc1ccc(CN(C)C(=O)c2cc(Br)cn2C)cc1. The van der Waals surface area contributed by atoms with Crippen molar-refractivity contribution in [3.63, 3.8) is 0 Å². The van der Waals surface area contributed by atoms with Crippen molar-refractivity contribution >= 4 is 21.8 Å². The third-order valence-electron chi connectivity index (χ3n) is 3.12. The number of carbonyl (C=O) groups is 1. The van der Waals surface area contributed by atoms with E-state index in [9.17, 15) is 4.79 Å². The third-order valence-corrected chi connectivity index (χ3v) is 3.55. The summed E-state index contributed by atoms with van der Waals surface area (Å²) in [6.45, 7) is 0.561. The fraction of sp³-hybridized carbons (Fsp3) is 0.267. The minimum Gasteiger partial charge on any atom is -0.497 e. The molecule has 0 unspecified atom stereocenters. The molecular formula is C15H17BrN2O2. The van der Waals surface area contributed by atoms with Gasteiger partial charge in [0.1, 0.15) is 11.4 Å². The molecule has 1 aromatic carbocycles. The lowest BCUT2D eigenvalue weighted by Gasteiger charge is -2.17. The van der Waals surface area contributed by atoms with Gasteiger partial charge in [-0.15, -0.1) is 0 Å². The van der Waals surface area contributed by atoms with Gasteiger partial charge in [-0.1, -0.05) is 12.1 Å². The molecule has 1 aromatic heterocycles. The highest BCUT2D eigenvalue weighted by molar-refractivity contribution is 9.10. The Labute approximate surface area is 127 Å². The summed E-state index contributed by atoms with van der Waals surface area (Å²) in [5.41, 5.74) is 1.72. The second-order valence-corrected chi connectivity index (χ2v) is 5.58. The van der Waals surface area contributed by atoms with Crippen molar-refractivity contribution in [2.24, 2.45) is 7.05 Å². The number of methoxy groups -OCH3 is 1. The number of rotatable bonds is 4. The zero-order valence-electron chi connectivity index (χ0n) is 11.8. The fourth-order valence-electron chi connectivity index (χ4n) is 2.01. The third kappa shape index (κ3) is 3.22. The van der Waals surface area contributed by atoms with Gasteiger partial charge >= 0.3 is 0 Å². The van der Waals surface area contributed by atoms with Crippen molar-refractivity contribution in [2.45, 2.75) is 6.54 Å². The van der Waals surface area contributed by atoms with Crippen LogP contribution in [0.3, 0.4) is 0 Å². The van der Waals surface area contributed by atoms with E-state index in [1.54, 1.807) is 19.1 Å². The van der Waals surface area contributed by atoms with Crippen molar-refractivity contribution in [3.05, 3.63) is 52.3 Å². The van der Waals surface area contributed by atoms with E-state index in [1.165, 1.54) is 0 Å². The van der Waals surface area contributed by atoms with Gasteiger partial charge in [-0.05, 0) is 39.7 Å². The van der Waals surface area contributed by atoms with E-state index >= 15 is 0 Å². The van der Waals surface area contributed by atoms with Crippen molar-refractivity contribution in [2.75, 3.05) is 14.2 Å². The largest absolute Gasteiger partial charge is 0.497 e. The Kier molecular flexibility index (Phi) is 4.49. The molecule has 0 fully saturated rings. The number of carbonyl (C=O) groups excluding carboxylic acids is 1. The number of hydrogen-bond donors (Lipinski definition) is 0. The van der Waals surface area contributed by atoms with Crippen LogP contribution in [0.15, 0.2) is 41.0 Å². The number of amides is 1. The van der Waals surface area contributed by atoms with Gasteiger partial charge in [-0.2, -0.15) is 0 Å². The minimum absolute atomic E-state index is 0.00554. The summed E-state index contributed by atoms with van der Waals surface area (Å²) < 4.78 is 7.84. The first-order chi connectivity index (χ1) is 9.51. The minimum atomic E-state index is -0.00554. The van der Waals surface area contributed by atoms with Crippen LogP contribution >= 0.6 is 15.9 Å². The quantitative estimate of drug-likeness (QED) is 0.859. The zero-order chi connectivity index (χ0) is 14.7. The molecule has 0 bridgehead atoms. The molecule has 0 radical (unpaired) electrons. The van der Waals surface area contributed by atoms with Gasteiger partial charge in [0.05, 0.1) is 7.11 Å². The summed E-state index contributed by atoms with van der Waals surface area (Å²) in [4.78, 5) is 14.1. The van der Waals surface area contributed by atoms with E-state index < -0.39 is 0 Å². The van der Waals surface area contributed by atoms with Crippen LogP contribution in [0, 0.1) is 0 Å². The van der Waals surface area contributed by atoms with Crippen LogP contribution in [-0.2, 0) is 13.6 Å². The molecular weight excluding hydrogens is 320 g/mol. The van der Waals surface area contributed by atoms with Gasteiger partial charge in [0, 0.05) is 31.3 Å². The van der Waals surface area contributed by atoms with Crippen LogP contribution in [0.4, 0.5) is 0 Å². The van der Waals surface area contributed by atoms with E-state index in [2.05, 4.69) is 15.9 Å². The molecule has 5 heteroatoms. The number of halogens is 1. The molecule has 2 rings (SSSR count). The molecule has 1 amide bonds. The van der Waals surface area contributed by atoms with Crippen LogP contribution in [0.2, 0.25) is 0 Å². The molecule has 0 spiro atoms. The fourth-order valence-corrected chi connectivity index (χ4v) is 2.53. The topological polar surface area (TPSA) is 34.5 Å². The molecule has 20 heavy (non-hydrogen) atoms. The molecule has 4 nitrogen and oxygen atoms in total. The lowest BCUT2D eigenvalue weighted by molar-refractivity contribution is 0.0775. The smallest absolute Gasteiger partial charge is 0.270 e. The Bertz CT molecular complexity index is 605. The number of benzene rings is 1. The van der Waals surface area contributed by atoms with E-state index in [4.69, 9.17) is 4.74 Å². The maximum Gasteiger partial charge on any atom is 0.270 e. The van der Waals surface area contributed by atoms with Crippen molar-refractivity contribution < 1.29 is 9.53 Å². The highest BCUT2D eigenvalue weighted by Crippen LogP contribution is 2.17. The van der Waals surface area contributed by atoms with Crippen molar-refractivity contribution in [3.8, 4) is 5.75 Å². The monoisotopic (exact) mass is 336 g/mol. The summed E-state index contributed by atoms with van der Waals surface area (Å²) in [7, 11) is 5.30. The van der Waals surface area contributed by atoms with Crippen LogP contribution in [0.5, 0.6) is 5.75 Å². The van der Waals surface area contributed by atoms with Gasteiger partial charge in [0.2, 0.25) is 0 Å². The maximum atomic E-state index is 12.4. The molecule has 0 N–H and O–H groups in total. The Morgan fingerprint density at radius 3 is 2.50 bits per heavy atom. The van der Waals surface area contributed by atoms with Gasteiger partial charge < -0.3 is 14.2 Å². The number of aromatic nitrogens is 1. The number of aryl methyl sites for hydroxylation is 1. The summed E-state index contributed by atoms with van der Waals surface area (Å²) in [6.07, 6.45) is 1.87. The molecule has 2 aromatic rings. The molecule has 0 atom stereocenters. The van der Waals surface area contributed by atoms with Crippen LogP contribution < -0.4 is 4.74 Å². The first-order valence-electron chi connectivity index (χ1n) is 6.21. The lowest BCUT2D eigenvalue weighted by atomic mass is 10.2. The second kappa shape index (κ2) is 6.13. The predicted molar refractivity (Wildman–Crippen MR) is 81.9 cm³/mol. The normalized spacial score (nSPS) is 10.4. The van der Waals surface area contributed by atoms with Gasteiger partial charge in [0.15, 0.2) is 0 Å². The average molecular weight is 337 g/mol. The number of ether oxygens (including phenoxy) is 1. The first kappa shape index (κ1) is 14.7. The van der Waals surface area contributed by atoms with Gasteiger partial charge in [-0.3, -0.25) is 4.79 Å². The van der Waals surface area contributed by atoms with Gasteiger partial charge in [-0.25, -0.2) is 0 Å². The van der Waals surface area contributed by atoms with E-state index in [-0.39, 0.29) is 5.91 Å². The average Bonchev–Trinajstić information content (AvgIpc) is 2.77.